The molecule has 1 unspecified atom stereocenters. The summed E-state index contributed by atoms with van der Waals surface area (Å²) in [7, 11) is 0. The maximum Gasteiger partial charge on any atom is 0.264 e. The van der Waals surface area contributed by atoms with Crippen molar-refractivity contribution in [2.24, 2.45) is 5.92 Å². The van der Waals surface area contributed by atoms with Gasteiger partial charge in [-0.1, -0.05) is 69.5 Å². The summed E-state index contributed by atoms with van der Waals surface area (Å²) in [6, 6.07) is 14.2. The summed E-state index contributed by atoms with van der Waals surface area (Å²) < 4.78 is 2.10. The van der Waals surface area contributed by atoms with E-state index in [-0.39, 0.29) is 5.91 Å². The zero-order valence-electron chi connectivity index (χ0n) is 22.3. The molecule has 1 saturated heterocycles. The van der Waals surface area contributed by atoms with Crippen LogP contribution in [0.5, 0.6) is 0 Å². The lowest BCUT2D eigenvalue weighted by Crippen LogP contribution is -2.49. The van der Waals surface area contributed by atoms with Crippen LogP contribution in [0.2, 0.25) is 0 Å². The van der Waals surface area contributed by atoms with Crippen LogP contribution < -0.4 is 10.2 Å². The molecule has 1 fully saturated rings. The predicted molar refractivity (Wildman–Crippen MR) is 155 cm³/mol. The number of imidazole rings is 1. The van der Waals surface area contributed by atoms with E-state index in [9.17, 15) is 4.79 Å². The average molecular weight is 532 g/mol. The second-order valence-corrected chi connectivity index (χ2v) is 10.9. The first-order valence-corrected chi connectivity index (χ1v) is 14.6. The van der Waals surface area contributed by atoms with Gasteiger partial charge >= 0.3 is 0 Å². The summed E-state index contributed by atoms with van der Waals surface area (Å²) >= 11 is 1.50. The molecule has 3 aromatic heterocycles. The monoisotopic (exact) mass is 531 g/mol. The van der Waals surface area contributed by atoms with Crippen molar-refractivity contribution < 1.29 is 4.79 Å². The van der Waals surface area contributed by atoms with Gasteiger partial charge in [0.1, 0.15) is 0 Å². The van der Waals surface area contributed by atoms with E-state index in [2.05, 4.69) is 52.9 Å². The van der Waals surface area contributed by atoms with Crippen molar-refractivity contribution in [3.63, 3.8) is 0 Å². The number of rotatable bonds is 11. The van der Waals surface area contributed by atoms with E-state index >= 15 is 0 Å². The van der Waals surface area contributed by atoms with E-state index in [4.69, 9.17) is 15.0 Å². The number of carbonyl (C=O) groups is 1. The predicted octanol–water partition coefficient (Wildman–Crippen LogP) is 5.53. The number of amides is 1. The molecule has 5 rings (SSSR count). The van der Waals surface area contributed by atoms with Gasteiger partial charge < -0.3 is 19.7 Å². The highest BCUT2D eigenvalue weighted by Crippen LogP contribution is 2.25. The molecular formula is C29H37N7OS. The summed E-state index contributed by atoms with van der Waals surface area (Å²) in [5, 5.41) is 5.58. The molecule has 1 aliphatic heterocycles. The number of piperazine rings is 1. The Morgan fingerprint density at radius 1 is 1.05 bits per heavy atom. The van der Waals surface area contributed by atoms with Gasteiger partial charge in [0, 0.05) is 32.7 Å². The van der Waals surface area contributed by atoms with Gasteiger partial charge in [-0.3, -0.25) is 4.79 Å². The highest BCUT2D eigenvalue weighted by Gasteiger charge is 2.25. The van der Waals surface area contributed by atoms with Crippen LogP contribution >= 0.6 is 11.3 Å². The number of unbranched alkanes of at least 4 members (excludes halogenated alkanes) is 1. The smallest absolute Gasteiger partial charge is 0.264 e. The highest BCUT2D eigenvalue weighted by atomic mass is 32.1. The minimum absolute atomic E-state index is 0.108. The molecule has 1 aromatic carbocycles. The Bertz CT molecular complexity index is 1310. The van der Waals surface area contributed by atoms with Gasteiger partial charge in [-0.05, 0) is 29.3 Å². The zero-order valence-corrected chi connectivity index (χ0v) is 23.2. The second-order valence-electron chi connectivity index (χ2n) is 9.96. The quantitative estimate of drug-likeness (QED) is 0.274. The molecule has 38 heavy (non-hydrogen) atoms. The molecule has 0 spiro atoms. The first kappa shape index (κ1) is 26.2. The maximum absolute atomic E-state index is 12.8. The fourth-order valence-corrected chi connectivity index (χ4v) is 5.63. The largest absolute Gasteiger partial charge is 0.368 e. The van der Waals surface area contributed by atoms with Gasteiger partial charge in [0.2, 0.25) is 5.95 Å². The first-order chi connectivity index (χ1) is 18.7. The van der Waals surface area contributed by atoms with Crippen LogP contribution in [-0.2, 0) is 6.54 Å². The number of hydrogen-bond donors (Lipinski definition) is 1. The lowest BCUT2D eigenvalue weighted by atomic mass is 9.99. The van der Waals surface area contributed by atoms with Gasteiger partial charge in [-0.15, -0.1) is 11.3 Å². The Hall–Kier alpha value is -3.46. The minimum atomic E-state index is 0.108. The number of aromatic nitrogens is 4. The van der Waals surface area contributed by atoms with Crippen LogP contribution in [0.25, 0.3) is 11.2 Å². The molecule has 1 N–H and O–H groups in total. The van der Waals surface area contributed by atoms with Crippen LogP contribution in [0, 0.1) is 5.92 Å². The molecule has 200 valence electrons. The Kier molecular flexibility index (Phi) is 8.53. The number of anilines is 2. The fraction of sp³-hybridized carbons (Fsp3) is 0.448. The van der Waals surface area contributed by atoms with Crippen molar-refractivity contribution in [3.8, 4) is 0 Å². The number of nitrogens with zero attached hydrogens (tertiary/aromatic N) is 6. The molecule has 4 aromatic rings. The van der Waals surface area contributed by atoms with Crippen LogP contribution in [0.4, 0.5) is 11.8 Å². The highest BCUT2D eigenvalue weighted by molar-refractivity contribution is 7.12. The van der Waals surface area contributed by atoms with E-state index in [0.29, 0.717) is 44.6 Å². The van der Waals surface area contributed by atoms with E-state index in [1.807, 2.05) is 34.8 Å². The third-order valence-corrected chi connectivity index (χ3v) is 8.19. The SMILES string of the molecule is CCCCC(CC)CNc1nc(N2CCN(C(=O)c3cccs3)CC2)nc2c1ncn2Cc1ccccc1. The summed E-state index contributed by atoms with van der Waals surface area (Å²) in [5.74, 6) is 2.20. The fourth-order valence-electron chi connectivity index (χ4n) is 4.94. The third kappa shape index (κ3) is 5.99. The van der Waals surface area contributed by atoms with Gasteiger partial charge in [0.25, 0.3) is 5.91 Å². The van der Waals surface area contributed by atoms with Crippen LogP contribution in [0.3, 0.4) is 0 Å². The molecule has 4 heterocycles. The molecule has 1 aliphatic rings. The van der Waals surface area contributed by atoms with Crippen molar-refractivity contribution in [3.05, 3.63) is 64.6 Å². The van der Waals surface area contributed by atoms with Crippen molar-refractivity contribution in [2.75, 3.05) is 42.9 Å². The lowest BCUT2D eigenvalue weighted by molar-refractivity contribution is 0.0751. The maximum atomic E-state index is 12.8. The molecular weight excluding hydrogens is 494 g/mol. The van der Waals surface area contributed by atoms with E-state index < -0.39 is 0 Å². The number of nitrogens with one attached hydrogen (secondary N) is 1. The molecule has 1 atom stereocenters. The van der Waals surface area contributed by atoms with Gasteiger partial charge in [-0.25, -0.2) is 4.98 Å². The molecule has 8 nitrogen and oxygen atoms in total. The molecule has 0 bridgehead atoms. The van der Waals surface area contributed by atoms with Gasteiger partial charge in [0.05, 0.1) is 17.7 Å². The standard InChI is InChI=1S/C29H37N7OS/c1-3-5-10-22(4-2)19-30-26-25-27(36(21-31-25)20-23-11-7-6-8-12-23)33-29(32-26)35-16-14-34(15-17-35)28(37)24-13-9-18-38-24/h6-9,11-13,18,21-22H,3-5,10,14-17,19-20H2,1-2H3,(H,30,32,33). The summed E-state index contributed by atoms with van der Waals surface area (Å²) in [4.78, 5) is 32.5. The Labute approximate surface area is 228 Å². The van der Waals surface area contributed by atoms with Crippen molar-refractivity contribution in [1.82, 2.24) is 24.4 Å². The van der Waals surface area contributed by atoms with Gasteiger partial charge in [0.15, 0.2) is 17.0 Å². The van der Waals surface area contributed by atoms with Crippen LogP contribution in [-0.4, -0.2) is 63.0 Å². The van der Waals surface area contributed by atoms with Crippen molar-refractivity contribution in [2.45, 2.75) is 46.1 Å². The van der Waals surface area contributed by atoms with Crippen LogP contribution in [0.15, 0.2) is 54.2 Å². The minimum Gasteiger partial charge on any atom is -0.368 e. The summed E-state index contributed by atoms with van der Waals surface area (Å²) in [6.07, 6.45) is 6.67. The van der Waals surface area contributed by atoms with Crippen molar-refractivity contribution in [1.29, 1.82) is 0 Å². The van der Waals surface area contributed by atoms with E-state index in [1.54, 1.807) is 0 Å². The average Bonchev–Trinajstić information content (AvgIpc) is 3.64. The number of hydrogen-bond acceptors (Lipinski definition) is 7. The van der Waals surface area contributed by atoms with E-state index in [0.717, 1.165) is 34.8 Å². The number of benzene rings is 1. The second kappa shape index (κ2) is 12.4. The normalized spacial score (nSPS) is 14.7. The Balaban J connectivity index is 1.39. The molecule has 9 heteroatoms. The zero-order chi connectivity index (χ0) is 26.3. The van der Waals surface area contributed by atoms with Crippen molar-refractivity contribution >= 4 is 40.2 Å². The summed E-state index contributed by atoms with van der Waals surface area (Å²) in [5.41, 5.74) is 2.84. The first-order valence-electron chi connectivity index (χ1n) is 13.7. The van der Waals surface area contributed by atoms with Gasteiger partial charge in [-0.2, -0.15) is 9.97 Å². The number of thiophene rings is 1. The van der Waals surface area contributed by atoms with Crippen LogP contribution in [0.1, 0.15) is 54.8 Å². The lowest BCUT2D eigenvalue weighted by Gasteiger charge is -2.34. The molecule has 0 saturated carbocycles. The topological polar surface area (TPSA) is 79.2 Å². The summed E-state index contributed by atoms with van der Waals surface area (Å²) in [6.45, 7) is 8.77. The number of fused-ring (bicyclic) bond motifs is 1. The Morgan fingerprint density at radius 3 is 2.58 bits per heavy atom. The molecule has 0 radical (unpaired) electrons. The third-order valence-electron chi connectivity index (χ3n) is 7.33. The number of carbonyl (C=O) groups excluding carboxylic acids is 1. The Morgan fingerprint density at radius 2 is 1.87 bits per heavy atom. The molecule has 1 amide bonds. The molecule has 0 aliphatic carbocycles. The van der Waals surface area contributed by atoms with E-state index in [1.165, 1.54) is 36.2 Å².